The maximum atomic E-state index is 12.6. The second-order valence-electron chi connectivity index (χ2n) is 7.10. The zero-order valence-electron chi connectivity index (χ0n) is 16.5. The Labute approximate surface area is 171 Å². The van der Waals surface area contributed by atoms with Crippen molar-refractivity contribution in [2.24, 2.45) is 0 Å². The van der Waals surface area contributed by atoms with Crippen LogP contribution in [0.3, 0.4) is 0 Å². The molecule has 1 aromatic heterocycles. The van der Waals surface area contributed by atoms with E-state index in [4.69, 9.17) is 0 Å². The third-order valence-electron chi connectivity index (χ3n) is 5.31. The molecule has 0 bridgehead atoms. The molecule has 146 valence electrons. The number of amides is 2. The molecule has 3 aromatic carbocycles. The molecule has 29 heavy (non-hydrogen) atoms. The Morgan fingerprint density at radius 2 is 1.66 bits per heavy atom. The Morgan fingerprint density at radius 3 is 2.48 bits per heavy atom. The lowest BCUT2D eigenvalue weighted by atomic mass is 9.91. The first-order chi connectivity index (χ1) is 14.3. The van der Waals surface area contributed by atoms with Crippen molar-refractivity contribution in [1.82, 2.24) is 10.3 Å². The van der Waals surface area contributed by atoms with E-state index in [1.54, 1.807) is 0 Å². The molecular weight excluding hydrogens is 358 g/mol. The highest BCUT2D eigenvalue weighted by atomic mass is 16.2. The lowest BCUT2D eigenvalue weighted by Crippen LogP contribution is -2.33. The molecule has 1 atom stereocenters. The van der Waals surface area contributed by atoms with Gasteiger partial charge in [0.1, 0.15) is 0 Å². The van der Waals surface area contributed by atoms with Gasteiger partial charge in [0.15, 0.2) is 0 Å². The maximum absolute atomic E-state index is 12.6. The standard InChI is InChI=1S/C25H25N3O/c1-2-18-10-6-8-14-23(18)28-25(29)27-16-21(19-11-4-3-5-12-19)22-17-26-24-15-9-7-13-20(22)24/h3-15,17,21,26H,2,16H2,1H3,(H2,27,28,29)/t21-/m0/s1. The highest BCUT2D eigenvalue weighted by Gasteiger charge is 2.19. The molecule has 0 saturated carbocycles. The Kier molecular flexibility index (Phi) is 5.61. The van der Waals surface area contributed by atoms with Crippen LogP contribution in [0.4, 0.5) is 10.5 Å². The zero-order valence-corrected chi connectivity index (χ0v) is 16.5. The summed E-state index contributed by atoms with van der Waals surface area (Å²) in [4.78, 5) is 16.0. The van der Waals surface area contributed by atoms with Crippen LogP contribution >= 0.6 is 0 Å². The summed E-state index contributed by atoms with van der Waals surface area (Å²) in [6, 6.07) is 26.3. The SMILES string of the molecule is CCc1ccccc1NC(=O)NC[C@@H](c1ccccc1)c1c[nH]c2ccccc12. The molecule has 4 nitrogen and oxygen atoms in total. The lowest BCUT2D eigenvalue weighted by Gasteiger charge is -2.19. The van der Waals surface area contributed by atoms with E-state index < -0.39 is 0 Å². The number of aryl methyl sites for hydroxylation is 1. The fourth-order valence-electron chi connectivity index (χ4n) is 3.79. The van der Waals surface area contributed by atoms with Gasteiger partial charge in [0, 0.05) is 35.2 Å². The van der Waals surface area contributed by atoms with E-state index in [-0.39, 0.29) is 11.9 Å². The first-order valence-corrected chi connectivity index (χ1v) is 10.00. The summed E-state index contributed by atoms with van der Waals surface area (Å²) in [7, 11) is 0. The summed E-state index contributed by atoms with van der Waals surface area (Å²) in [5, 5.41) is 7.24. The molecule has 3 N–H and O–H groups in total. The number of rotatable bonds is 6. The summed E-state index contributed by atoms with van der Waals surface area (Å²) in [5.74, 6) is 0.0551. The summed E-state index contributed by atoms with van der Waals surface area (Å²) in [5.41, 5.74) is 5.44. The number of hydrogen-bond acceptors (Lipinski definition) is 1. The van der Waals surface area contributed by atoms with Gasteiger partial charge < -0.3 is 15.6 Å². The van der Waals surface area contributed by atoms with E-state index in [1.165, 1.54) is 16.5 Å². The first kappa shape index (κ1) is 18.8. The van der Waals surface area contributed by atoms with Crippen molar-refractivity contribution >= 4 is 22.6 Å². The van der Waals surface area contributed by atoms with Crippen LogP contribution in [-0.4, -0.2) is 17.6 Å². The average Bonchev–Trinajstić information content (AvgIpc) is 3.19. The van der Waals surface area contributed by atoms with Crippen molar-refractivity contribution in [3.8, 4) is 0 Å². The summed E-state index contributed by atoms with van der Waals surface area (Å²) in [6.45, 7) is 2.59. The molecule has 0 aliphatic carbocycles. The van der Waals surface area contributed by atoms with Gasteiger partial charge in [-0.1, -0.05) is 73.7 Å². The fraction of sp³-hybridized carbons (Fsp3) is 0.160. The zero-order chi connectivity index (χ0) is 20.1. The molecule has 0 unspecified atom stereocenters. The second-order valence-corrected chi connectivity index (χ2v) is 7.10. The summed E-state index contributed by atoms with van der Waals surface area (Å²) < 4.78 is 0. The van der Waals surface area contributed by atoms with E-state index in [0.717, 1.165) is 23.2 Å². The average molecular weight is 383 g/mol. The van der Waals surface area contributed by atoms with Crippen LogP contribution in [0.5, 0.6) is 0 Å². The van der Waals surface area contributed by atoms with Crippen molar-refractivity contribution < 1.29 is 4.79 Å². The van der Waals surface area contributed by atoms with E-state index in [2.05, 4.69) is 46.8 Å². The molecule has 0 aliphatic heterocycles. The molecule has 1 heterocycles. The lowest BCUT2D eigenvalue weighted by molar-refractivity contribution is 0.252. The molecule has 0 fully saturated rings. The minimum absolute atomic E-state index is 0.0551. The molecule has 0 radical (unpaired) electrons. The Bertz CT molecular complexity index is 1100. The van der Waals surface area contributed by atoms with Gasteiger partial charge in [0.2, 0.25) is 0 Å². The minimum atomic E-state index is -0.188. The van der Waals surface area contributed by atoms with E-state index in [1.807, 2.05) is 60.8 Å². The van der Waals surface area contributed by atoms with Gasteiger partial charge in [-0.2, -0.15) is 0 Å². The number of benzene rings is 3. The van der Waals surface area contributed by atoms with Crippen LogP contribution < -0.4 is 10.6 Å². The van der Waals surface area contributed by atoms with Gasteiger partial charge in [-0.15, -0.1) is 0 Å². The van der Waals surface area contributed by atoms with Gasteiger partial charge in [-0.3, -0.25) is 0 Å². The number of H-pyrrole nitrogens is 1. The van der Waals surface area contributed by atoms with Crippen LogP contribution in [0.25, 0.3) is 10.9 Å². The number of para-hydroxylation sites is 2. The van der Waals surface area contributed by atoms with Crippen LogP contribution in [0.1, 0.15) is 29.5 Å². The predicted octanol–water partition coefficient (Wildman–Crippen LogP) is 5.68. The Balaban J connectivity index is 1.56. The second kappa shape index (κ2) is 8.65. The van der Waals surface area contributed by atoms with Gasteiger partial charge in [0.25, 0.3) is 0 Å². The summed E-state index contributed by atoms with van der Waals surface area (Å²) in [6.07, 6.45) is 2.92. The van der Waals surface area contributed by atoms with Gasteiger partial charge in [0.05, 0.1) is 0 Å². The molecule has 2 amide bonds. The van der Waals surface area contributed by atoms with E-state index in [9.17, 15) is 4.79 Å². The van der Waals surface area contributed by atoms with Crippen LogP contribution in [0, 0.1) is 0 Å². The number of carbonyl (C=O) groups excluding carboxylic acids is 1. The number of carbonyl (C=O) groups is 1. The number of anilines is 1. The highest BCUT2D eigenvalue weighted by molar-refractivity contribution is 5.90. The third-order valence-corrected chi connectivity index (χ3v) is 5.31. The van der Waals surface area contributed by atoms with Crippen molar-refractivity contribution in [1.29, 1.82) is 0 Å². The number of hydrogen-bond donors (Lipinski definition) is 3. The van der Waals surface area contributed by atoms with Gasteiger partial charge in [-0.05, 0) is 35.2 Å². The smallest absolute Gasteiger partial charge is 0.319 e. The fourth-order valence-corrected chi connectivity index (χ4v) is 3.79. The number of nitrogens with one attached hydrogen (secondary N) is 3. The quantitative estimate of drug-likeness (QED) is 0.394. The molecule has 0 aliphatic rings. The van der Waals surface area contributed by atoms with E-state index >= 15 is 0 Å². The van der Waals surface area contributed by atoms with Crippen molar-refractivity contribution in [2.75, 3.05) is 11.9 Å². The van der Waals surface area contributed by atoms with Crippen LogP contribution in [-0.2, 0) is 6.42 Å². The van der Waals surface area contributed by atoms with E-state index in [0.29, 0.717) is 6.54 Å². The largest absolute Gasteiger partial charge is 0.361 e. The predicted molar refractivity (Wildman–Crippen MR) is 119 cm³/mol. The molecule has 4 heteroatoms. The molecule has 0 spiro atoms. The van der Waals surface area contributed by atoms with Crippen molar-refractivity contribution in [3.63, 3.8) is 0 Å². The number of aromatic amines is 1. The third kappa shape index (κ3) is 4.16. The monoisotopic (exact) mass is 383 g/mol. The van der Waals surface area contributed by atoms with Crippen molar-refractivity contribution in [3.05, 3.63) is 102 Å². The van der Waals surface area contributed by atoms with Gasteiger partial charge >= 0.3 is 6.03 Å². The normalized spacial score (nSPS) is 11.9. The molecule has 0 saturated heterocycles. The Morgan fingerprint density at radius 1 is 0.931 bits per heavy atom. The molecule has 4 aromatic rings. The molecule has 4 rings (SSSR count). The van der Waals surface area contributed by atoms with Crippen molar-refractivity contribution in [2.45, 2.75) is 19.3 Å². The van der Waals surface area contributed by atoms with Crippen LogP contribution in [0.15, 0.2) is 85.1 Å². The topological polar surface area (TPSA) is 56.9 Å². The summed E-state index contributed by atoms with van der Waals surface area (Å²) >= 11 is 0. The number of aromatic nitrogens is 1. The molecular formula is C25H25N3O. The van der Waals surface area contributed by atoms with Gasteiger partial charge in [-0.25, -0.2) is 4.79 Å². The Hall–Kier alpha value is -3.53. The highest BCUT2D eigenvalue weighted by Crippen LogP contribution is 2.30. The first-order valence-electron chi connectivity index (χ1n) is 10.00. The number of fused-ring (bicyclic) bond motifs is 1. The number of urea groups is 1. The van der Waals surface area contributed by atoms with Crippen LogP contribution in [0.2, 0.25) is 0 Å². The maximum Gasteiger partial charge on any atom is 0.319 e. The minimum Gasteiger partial charge on any atom is -0.361 e.